The topological polar surface area (TPSA) is 24.7 Å². The second-order valence-electron chi connectivity index (χ2n) is 14.0. The summed E-state index contributed by atoms with van der Waals surface area (Å²) < 4.78 is 0. The molecule has 2 heteroatoms. The zero-order chi connectivity index (χ0) is 31.2. The van der Waals surface area contributed by atoms with Gasteiger partial charge in [0.05, 0.1) is 5.92 Å². The lowest BCUT2D eigenvalue weighted by molar-refractivity contribution is 0.284. The maximum Gasteiger partial charge on any atom is 0.244 e. The molecule has 1 aromatic carbocycles. The van der Waals surface area contributed by atoms with Crippen LogP contribution in [0.1, 0.15) is 199 Å². The predicted molar refractivity (Wildman–Crippen MR) is 198 cm³/mol. The molecule has 1 aliphatic heterocycles. The number of aliphatic imine (C=N–C) groups is 2. The van der Waals surface area contributed by atoms with E-state index in [-0.39, 0.29) is 0 Å². The normalized spacial score (nSPS) is 14.1. The van der Waals surface area contributed by atoms with Gasteiger partial charge in [-0.3, -0.25) is 0 Å². The molecule has 0 fully saturated rings. The molecule has 0 amide bonds. The lowest BCUT2D eigenvalue weighted by atomic mass is 9.78. The third kappa shape index (κ3) is 20.5. The number of unbranched alkanes of at least 4 members (excludes halogenated alkanes) is 24. The molecule has 2 rings (SSSR count). The average Bonchev–Trinajstić information content (AvgIpc) is 3.58. The number of nitrogens with zero attached hydrogens (tertiary/aromatic N) is 2. The summed E-state index contributed by atoms with van der Waals surface area (Å²) in [7, 11) is 0. The molecule has 0 aromatic heterocycles. The smallest absolute Gasteiger partial charge is 0.0965 e. The summed E-state index contributed by atoms with van der Waals surface area (Å²) in [5.74, 6) is 1.14. The Morgan fingerprint density at radius 2 is 0.818 bits per heavy atom. The van der Waals surface area contributed by atoms with Crippen molar-refractivity contribution in [1.29, 1.82) is 0 Å². The van der Waals surface area contributed by atoms with Gasteiger partial charge in [-0.2, -0.15) is 0 Å². The van der Waals surface area contributed by atoms with Crippen LogP contribution in [0.4, 0.5) is 0 Å². The molecular formula is C42H73N2+. The Balaban J connectivity index is 1.67. The van der Waals surface area contributed by atoms with Gasteiger partial charge in [0.1, 0.15) is 0 Å². The lowest BCUT2D eigenvalue weighted by Crippen LogP contribution is -2.22. The molecule has 1 aliphatic rings. The molecule has 0 N–H and O–H groups in total. The van der Waals surface area contributed by atoms with Gasteiger partial charge in [0.2, 0.25) is 6.17 Å². The number of rotatable bonds is 32. The predicted octanol–water partition coefficient (Wildman–Crippen LogP) is 14.1. The molecular weight excluding hydrogens is 532 g/mol. The summed E-state index contributed by atoms with van der Waals surface area (Å²) in [4.78, 5) is 9.52. The summed E-state index contributed by atoms with van der Waals surface area (Å²) in [5, 5.41) is 0. The molecule has 0 radical (unpaired) electrons. The Kier molecular flexibility index (Phi) is 25.3. The highest BCUT2D eigenvalue weighted by Gasteiger charge is 2.35. The van der Waals surface area contributed by atoms with E-state index in [1.165, 1.54) is 185 Å². The fourth-order valence-corrected chi connectivity index (χ4v) is 7.19. The Bertz CT molecular complexity index is 772. The molecule has 0 saturated heterocycles. The van der Waals surface area contributed by atoms with Gasteiger partial charge in [-0.1, -0.05) is 221 Å². The number of hydrogen-bond donors (Lipinski definition) is 0. The minimum absolute atomic E-state index is 0.496. The Labute approximate surface area is 275 Å². The van der Waals surface area contributed by atoms with Gasteiger partial charge in [0, 0.05) is 0 Å². The van der Waals surface area contributed by atoms with Crippen molar-refractivity contribution >= 4 is 12.4 Å². The minimum Gasteiger partial charge on any atom is -0.0965 e. The van der Waals surface area contributed by atoms with E-state index in [0.717, 1.165) is 12.6 Å². The van der Waals surface area contributed by atoms with Crippen molar-refractivity contribution in [2.45, 2.75) is 200 Å². The van der Waals surface area contributed by atoms with E-state index in [9.17, 15) is 0 Å². The van der Waals surface area contributed by atoms with E-state index >= 15 is 0 Å². The van der Waals surface area contributed by atoms with Crippen molar-refractivity contribution in [2.75, 3.05) is 0 Å². The van der Waals surface area contributed by atoms with E-state index in [0.29, 0.717) is 11.8 Å². The maximum atomic E-state index is 4.76. The highest BCUT2D eigenvalue weighted by atomic mass is 15.0. The third-order valence-corrected chi connectivity index (χ3v) is 10.0. The second kappa shape index (κ2) is 28.9. The third-order valence-electron chi connectivity index (χ3n) is 10.0. The van der Waals surface area contributed by atoms with Crippen molar-refractivity contribution in [3.05, 3.63) is 42.1 Å². The van der Waals surface area contributed by atoms with Crippen LogP contribution in [0.5, 0.6) is 0 Å². The Morgan fingerprint density at radius 1 is 0.455 bits per heavy atom. The molecule has 0 bridgehead atoms. The van der Waals surface area contributed by atoms with E-state index in [1.807, 2.05) is 12.4 Å². The average molecular weight is 606 g/mol. The highest BCUT2D eigenvalue weighted by molar-refractivity contribution is 6.18. The van der Waals surface area contributed by atoms with Crippen LogP contribution in [0.25, 0.3) is 0 Å². The van der Waals surface area contributed by atoms with Gasteiger partial charge in [0.25, 0.3) is 0 Å². The summed E-state index contributed by atoms with van der Waals surface area (Å²) in [6.45, 7) is 4.61. The molecule has 44 heavy (non-hydrogen) atoms. The molecule has 1 heterocycles. The van der Waals surface area contributed by atoms with Crippen LogP contribution in [0.2, 0.25) is 0 Å². The fraction of sp³-hybridized carbons (Fsp3) is 0.786. The largest absolute Gasteiger partial charge is 0.244 e. The molecule has 2 atom stereocenters. The lowest BCUT2D eigenvalue weighted by Gasteiger charge is -2.26. The van der Waals surface area contributed by atoms with Crippen LogP contribution in [-0.4, -0.2) is 12.4 Å². The zero-order valence-corrected chi connectivity index (χ0v) is 29.6. The van der Waals surface area contributed by atoms with Crippen LogP contribution in [0.15, 0.2) is 40.3 Å². The van der Waals surface area contributed by atoms with Gasteiger partial charge in [-0.05, 0) is 30.7 Å². The van der Waals surface area contributed by atoms with E-state index in [2.05, 4.69) is 44.2 Å². The molecule has 0 saturated carbocycles. The first-order chi connectivity index (χ1) is 21.8. The summed E-state index contributed by atoms with van der Waals surface area (Å²) in [5.41, 5.74) is 1.48. The van der Waals surface area contributed by atoms with E-state index < -0.39 is 0 Å². The molecule has 0 aliphatic carbocycles. The summed E-state index contributed by atoms with van der Waals surface area (Å²) >= 11 is 0. The molecule has 2 nitrogen and oxygen atoms in total. The molecule has 2 unspecified atom stereocenters. The molecule has 250 valence electrons. The molecule has 1 aromatic rings. The minimum atomic E-state index is 0.496. The van der Waals surface area contributed by atoms with Crippen LogP contribution < -0.4 is 0 Å². The van der Waals surface area contributed by atoms with Gasteiger partial charge in [-0.15, -0.1) is 0 Å². The van der Waals surface area contributed by atoms with Crippen LogP contribution in [0.3, 0.4) is 0 Å². The van der Waals surface area contributed by atoms with Gasteiger partial charge >= 0.3 is 0 Å². The standard InChI is InChI=1S/C42H73N2/c1-3-5-7-9-11-13-15-17-18-19-21-23-25-30-34-40(38-39-32-28-27-29-33-39)41(42-43-36-37-44-42)35-31-26-24-22-20-16-14-12-10-8-6-4-2/h27-29,32-33,36-37,40-41H,3-26,30-31,34-35,38H2,1-2H3/q+1. The SMILES string of the molecule is CCCCCCCCCCCCCCCCC(Cc1ccccc1)C(CCCCCCCCCCCCCC)[C+]1N=CC=N1. The van der Waals surface area contributed by atoms with Crippen LogP contribution in [-0.2, 0) is 6.42 Å². The Hall–Kier alpha value is -1.57. The number of hydrogen-bond acceptors (Lipinski definition) is 2. The zero-order valence-electron chi connectivity index (χ0n) is 29.6. The van der Waals surface area contributed by atoms with Crippen molar-refractivity contribution < 1.29 is 0 Å². The first-order valence-electron chi connectivity index (χ1n) is 19.8. The monoisotopic (exact) mass is 606 g/mol. The van der Waals surface area contributed by atoms with Crippen molar-refractivity contribution in [3.63, 3.8) is 0 Å². The van der Waals surface area contributed by atoms with Crippen molar-refractivity contribution in [3.8, 4) is 0 Å². The van der Waals surface area contributed by atoms with Crippen LogP contribution in [0, 0.1) is 18.0 Å². The van der Waals surface area contributed by atoms with E-state index in [1.54, 1.807) is 0 Å². The Morgan fingerprint density at radius 3 is 1.23 bits per heavy atom. The quantitative estimate of drug-likeness (QED) is 0.0576. The highest BCUT2D eigenvalue weighted by Crippen LogP contribution is 2.37. The van der Waals surface area contributed by atoms with Crippen molar-refractivity contribution in [2.24, 2.45) is 21.8 Å². The second-order valence-corrected chi connectivity index (χ2v) is 14.0. The fourth-order valence-electron chi connectivity index (χ4n) is 7.19. The summed E-state index contributed by atoms with van der Waals surface area (Å²) in [6, 6.07) is 11.2. The van der Waals surface area contributed by atoms with Gasteiger partial charge < -0.3 is 0 Å². The van der Waals surface area contributed by atoms with Crippen molar-refractivity contribution in [1.82, 2.24) is 0 Å². The first kappa shape index (κ1) is 38.6. The van der Waals surface area contributed by atoms with E-state index in [4.69, 9.17) is 9.98 Å². The summed E-state index contributed by atoms with van der Waals surface area (Å²) in [6.07, 6.45) is 45.5. The van der Waals surface area contributed by atoms with Crippen LogP contribution >= 0.6 is 0 Å². The maximum absolute atomic E-state index is 4.76. The molecule has 0 spiro atoms. The number of benzene rings is 1. The van der Waals surface area contributed by atoms with Gasteiger partial charge in [0.15, 0.2) is 12.4 Å². The first-order valence-corrected chi connectivity index (χ1v) is 19.8. The van der Waals surface area contributed by atoms with Gasteiger partial charge in [-0.25, -0.2) is 0 Å².